The molecule has 3 aromatic rings. The van der Waals surface area contributed by atoms with Crippen molar-refractivity contribution in [2.45, 2.75) is 12.8 Å². The Morgan fingerprint density at radius 2 is 1.76 bits per heavy atom. The maximum atomic E-state index is 12.3. The van der Waals surface area contributed by atoms with Gasteiger partial charge >= 0.3 is 0 Å². The van der Waals surface area contributed by atoms with Crippen LogP contribution in [-0.2, 0) is 17.6 Å². The van der Waals surface area contributed by atoms with E-state index in [1.54, 1.807) is 24.3 Å². The second-order valence-electron chi connectivity index (χ2n) is 6.64. The van der Waals surface area contributed by atoms with E-state index >= 15 is 0 Å². The minimum atomic E-state index is -0.0262. The maximum Gasteiger partial charge on any atom is 0.160 e. The van der Waals surface area contributed by atoms with Crippen molar-refractivity contribution in [1.29, 1.82) is 0 Å². The summed E-state index contributed by atoms with van der Waals surface area (Å²) in [6.45, 7) is 0.586. The Morgan fingerprint density at radius 3 is 2.52 bits per heavy atom. The van der Waals surface area contributed by atoms with Crippen molar-refractivity contribution in [3.05, 3.63) is 95.6 Å². The number of carbonyl (C=O) groups excluding carboxylic acids is 1. The molecular formula is C25H24O4. The summed E-state index contributed by atoms with van der Waals surface area (Å²) in [5.74, 6) is 1.18. The van der Waals surface area contributed by atoms with Crippen LogP contribution in [-0.4, -0.2) is 24.6 Å². The Hall–Kier alpha value is -3.53. The molecule has 4 nitrogen and oxygen atoms in total. The summed E-state index contributed by atoms with van der Waals surface area (Å²) in [5, 5.41) is 9.81. The molecule has 0 fully saturated rings. The second kappa shape index (κ2) is 10.1. The van der Waals surface area contributed by atoms with Gasteiger partial charge in [-0.1, -0.05) is 54.6 Å². The van der Waals surface area contributed by atoms with Gasteiger partial charge in [-0.05, 0) is 47.0 Å². The Balaban J connectivity index is 1.53. The first-order valence-corrected chi connectivity index (χ1v) is 9.47. The molecule has 0 heterocycles. The van der Waals surface area contributed by atoms with Gasteiger partial charge in [0.15, 0.2) is 17.3 Å². The van der Waals surface area contributed by atoms with Crippen LogP contribution in [0.4, 0.5) is 0 Å². The summed E-state index contributed by atoms with van der Waals surface area (Å²) < 4.78 is 10.8. The average Bonchev–Trinajstić information content (AvgIpc) is 2.73. The maximum absolute atomic E-state index is 12.3. The summed E-state index contributed by atoms with van der Waals surface area (Å²) >= 11 is 0. The molecule has 1 N–H and O–H groups in total. The number of aromatic hydroxyl groups is 1. The zero-order valence-electron chi connectivity index (χ0n) is 16.4. The SMILES string of the molecule is COc1ccc(/C=C/C(=O)Cc2cccc(OCCc3ccccc3)c2)cc1O. The van der Waals surface area contributed by atoms with Crippen molar-refractivity contribution < 1.29 is 19.4 Å². The molecule has 0 aromatic heterocycles. The minimum absolute atomic E-state index is 0.0262. The van der Waals surface area contributed by atoms with Crippen LogP contribution in [0.2, 0.25) is 0 Å². The number of allylic oxidation sites excluding steroid dienone is 1. The van der Waals surface area contributed by atoms with Crippen LogP contribution in [0.15, 0.2) is 78.9 Å². The molecular weight excluding hydrogens is 364 g/mol. The van der Waals surface area contributed by atoms with Gasteiger partial charge in [0.25, 0.3) is 0 Å². The highest BCUT2D eigenvalue weighted by Crippen LogP contribution is 2.26. The van der Waals surface area contributed by atoms with Gasteiger partial charge in [-0.15, -0.1) is 0 Å². The highest BCUT2D eigenvalue weighted by molar-refractivity contribution is 5.95. The number of hydrogen-bond acceptors (Lipinski definition) is 4. The lowest BCUT2D eigenvalue weighted by molar-refractivity contribution is -0.113. The fraction of sp³-hybridized carbons (Fsp3) is 0.160. The van der Waals surface area contributed by atoms with Crippen LogP contribution >= 0.6 is 0 Å². The van der Waals surface area contributed by atoms with E-state index in [9.17, 15) is 9.90 Å². The van der Waals surface area contributed by atoms with Crippen LogP contribution in [0.5, 0.6) is 17.2 Å². The van der Waals surface area contributed by atoms with E-state index in [4.69, 9.17) is 9.47 Å². The largest absolute Gasteiger partial charge is 0.504 e. The lowest BCUT2D eigenvalue weighted by Crippen LogP contribution is -2.03. The van der Waals surface area contributed by atoms with E-state index in [1.807, 2.05) is 42.5 Å². The van der Waals surface area contributed by atoms with Crippen molar-refractivity contribution >= 4 is 11.9 Å². The predicted molar refractivity (Wildman–Crippen MR) is 114 cm³/mol. The smallest absolute Gasteiger partial charge is 0.160 e. The summed E-state index contributed by atoms with van der Waals surface area (Å²) in [4.78, 5) is 12.3. The van der Waals surface area contributed by atoms with Gasteiger partial charge in [-0.2, -0.15) is 0 Å². The summed E-state index contributed by atoms with van der Waals surface area (Å²) in [6, 6.07) is 22.8. The Kier molecular flexibility index (Phi) is 7.06. The van der Waals surface area contributed by atoms with Gasteiger partial charge in [-0.3, -0.25) is 4.79 Å². The summed E-state index contributed by atoms with van der Waals surface area (Å²) in [6.07, 6.45) is 4.32. The van der Waals surface area contributed by atoms with Crippen LogP contribution in [0.25, 0.3) is 6.08 Å². The van der Waals surface area contributed by atoms with Crippen LogP contribution < -0.4 is 9.47 Å². The third kappa shape index (κ3) is 6.25. The van der Waals surface area contributed by atoms with Crippen LogP contribution in [0.3, 0.4) is 0 Å². The third-order valence-corrected chi connectivity index (χ3v) is 4.44. The molecule has 0 atom stereocenters. The molecule has 0 aliphatic rings. The second-order valence-corrected chi connectivity index (χ2v) is 6.64. The Labute approximate surface area is 171 Å². The van der Waals surface area contributed by atoms with Crippen molar-refractivity contribution in [1.82, 2.24) is 0 Å². The monoisotopic (exact) mass is 388 g/mol. The number of hydrogen-bond donors (Lipinski definition) is 1. The summed E-state index contributed by atoms with van der Waals surface area (Å²) in [7, 11) is 1.49. The van der Waals surface area contributed by atoms with E-state index in [1.165, 1.54) is 18.7 Å². The van der Waals surface area contributed by atoms with Gasteiger partial charge in [0.2, 0.25) is 0 Å². The van der Waals surface area contributed by atoms with Gasteiger partial charge in [-0.25, -0.2) is 0 Å². The molecule has 0 aliphatic carbocycles. The van der Waals surface area contributed by atoms with E-state index in [2.05, 4.69) is 12.1 Å². The standard InChI is InChI=1S/C25H24O4/c1-28-25-13-11-20(18-24(25)27)10-12-22(26)16-21-8-5-9-23(17-21)29-15-14-19-6-3-2-4-7-19/h2-13,17-18,27H,14-16H2,1H3/b12-10+. The zero-order chi connectivity index (χ0) is 20.5. The zero-order valence-corrected chi connectivity index (χ0v) is 16.4. The van der Waals surface area contributed by atoms with Crippen LogP contribution in [0, 0.1) is 0 Å². The highest BCUT2D eigenvalue weighted by atomic mass is 16.5. The molecule has 3 aromatic carbocycles. The Morgan fingerprint density at radius 1 is 0.966 bits per heavy atom. The molecule has 3 rings (SSSR count). The third-order valence-electron chi connectivity index (χ3n) is 4.44. The molecule has 4 heteroatoms. The summed E-state index contributed by atoms with van der Waals surface area (Å²) in [5.41, 5.74) is 2.86. The molecule has 0 amide bonds. The van der Waals surface area contributed by atoms with Gasteiger partial charge in [0.1, 0.15) is 5.75 Å². The van der Waals surface area contributed by atoms with E-state index < -0.39 is 0 Å². The van der Waals surface area contributed by atoms with E-state index in [0.717, 1.165) is 23.3 Å². The number of ether oxygens (including phenoxy) is 2. The highest BCUT2D eigenvalue weighted by Gasteiger charge is 2.04. The fourth-order valence-electron chi connectivity index (χ4n) is 2.94. The first-order valence-electron chi connectivity index (χ1n) is 9.47. The molecule has 148 valence electrons. The average molecular weight is 388 g/mol. The van der Waals surface area contributed by atoms with Crippen molar-refractivity contribution in [3.8, 4) is 17.2 Å². The van der Waals surface area contributed by atoms with Crippen molar-refractivity contribution in [3.63, 3.8) is 0 Å². The molecule has 0 radical (unpaired) electrons. The Bertz CT molecular complexity index is 977. The number of carbonyl (C=O) groups is 1. The molecule has 0 saturated heterocycles. The van der Waals surface area contributed by atoms with Crippen molar-refractivity contribution in [2.24, 2.45) is 0 Å². The number of rotatable bonds is 9. The number of ketones is 1. The molecule has 0 spiro atoms. The fourth-order valence-corrected chi connectivity index (χ4v) is 2.94. The first-order chi connectivity index (χ1) is 14.1. The number of benzene rings is 3. The first kappa shape index (κ1) is 20.2. The normalized spacial score (nSPS) is 10.8. The molecule has 29 heavy (non-hydrogen) atoms. The quantitative estimate of drug-likeness (QED) is 0.533. The molecule has 0 bridgehead atoms. The number of phenolic OH excluding ortho intramolecular Hbond substituents is 1. The van der Waals surface area contributed by atoms with Gasteiger partial charge in [0, 0.05) is 12.8 Å². The molecule has 0 saturated carbocycles. The molecule has 0 aliphatic heterocycles. The predicted octanol–water partition coefficient (Wildman–Crippen LogP) is 4.85. The minimum Gasteiger partial charge on any atom is -0.504 e. The van der Waals surface area contributed by atoms with E-state index in [0.29, 0.717) is 12.4 Å². The van der Waals surface area contributed by atoms with Gasteiger partial charge < -0.3 is 14.6 Å². The van der Waals surface area contributed by atoms with Crippen molar-refractivity contribution in [2.75, 3.05) is 13.7 Å². The van der Waals surface area contributed by atoms with Gasteiger partial charge in [0.05, 0.1) is 13.7 Å². The molecule has 0 unspecified atom stereocenters. The van der Waals surface area contributed by atoms with Crippen LogP contribution in [0.1, 0.15) is 16.7 Å². The number of phenols is 1. The lowest BCUT2D eigenvalue weighted by atomic mass is 10.1. The van der Waals surface area contributed by atoms with E-state index in [-0.39, 0.29) is 18.0 Å². The lowest BCUT2D eigenvalue weighted by Gasteiger charge is -2.08. The number of methoxy groups -OCH3 is 1. The topological polar surface area (TPSA) is 55.8 Å².